The van der Waals surface area contributed by atoms with Gasteiger partial charge in [-0.2, -0.15) is 0 Å². The van der Waals surface area contributed by atoms with E-state index in [1.54, 1.807) is 0 Å². The molecule has 0 bridgehead atoms. The third-order valence-electron chi connectivity index (χ3n) is 10.7. The first-order valence-corrected chi connectivity index (χ1v) is 23.7. The summed E-state index contributed by atoms with van der Waals surface area (Å²) < 4.78 is 0. The van der Waals surface area contributed by atoms with E-state index in [9.17, 15) is 4.79 Å². The summed E-state index contributed by atoms with van der Waals surface area (Å²) in [6, 6.07) is 7.74. The first-order valence-electron chi connectivity index (χ1n) is 18.3. The van der Waals surface area contributed by atoms with E-state index in [1.165, 1.54) is 126 Å². The maximum Gasteiger partial charge on any atom is 0.146 e. The van der Waals surface area contributed by atoms with Crippen LogP contribution in [0.25, 0.3) is 0 Å². The lowest BCUT2D eigenvalue weighted by Crippen LogP contribution is -2.34. The molecule has 0 N–H and O–H groups in total. The van der Waals surface area contributed by atoms with Crippen LogP contribution in [0.2, 0.25) is 36.3 Å². The Hall–Kier alpha value is -0.416. The van der Waals surface area contributed by atoms with E-state index < -0.39 is 16.1 Å². The second-order valence-corrected chi connectivity index (χ2v) is 23.4. The highest BCUT2D eigenvalue weighted by molar-refractivity contribution is 6.84. The Kier molecular flexibility index (Phi) is 23.8. The van der Waals surface area contributed by atoms with Crippen LogP contribution in [-0.4, -0.2) is 21.9 Å². The quantitative estimate of drug-likeness (QED) is 0.0654. The van der Waals surface area contributed by atoms with Gasteiger partial charge in [-0.15, -0.1) is 0 Å². The van der Waals surface area contributed by atoms with Gasteiger partial charge in [-0.1, -0.05) is 205 Å². The highest BCUT2D eigenvalue weighted by Gasteiger charge is 2.35. The number of Topliss-reactive ketones (excluding diaryl/α,β-unsaturated/α-hetero) is 1. The van der Waals surface area contributed by atoms with Crippen LogP contribution in [0.15, 0.2) is 23.6 Å². The molecule has 40 heavy (non-hydrogen) atoms. The SMILES string of the molecule is CCCCCCCCCCC(=O)C(/C=C/[Si](CC)(CC)CC)(/C=C/[Si](CC)(CC)CC)CCCCCCCCC. The Morgan fingerprint density at radius 3 is 1.15 bits per heavy atom. The van der Waals surface area contributed by atoms with Crippen molar-refractivity contribution in [2.24, 2.45) is 5.41 Å². The normalized spacial score (nSPS) is 13.2. The van der Waals surface area contributed by atoms with Crippen LogP contribution >= 0.6 is 0 Å². The fourth-order valence-electron chi connectivity index (χ4n) is 6.43. The van der Waals surface area contributed by atoms with Crippen LogP contribution in [-0.2, 0) is 4.79 Å². The van der Waals surface area contributed by atoms with Gasteiger partial charge in [-0.25, -0.2) is 0 Å². The van der Waals surface area contributed by atoms with E-state index in [2.05, 4.69) is 78.9 Å². The molecule has 0 aromatic heterocycles. The molecule has 3 heteroatoms. The van der Waals surface area contributed by atoms with Gasteiger partial charge in [0.15, 0.2) is 0 Å². The molecule has 1 nitrogen and oxygen atoms in total. The molecule has 0 aliphatic rings. The first kappa shape index (κ1) is 39.6. The Labute approximate surface area is 255 Å². The van der Waals surface area contributed by atoms with Crippen LogP contribution < -0.4 is 0 Å². The molecule has 0 atom stereocenters. The Bertz CT molecular complexity index is 611. The molecular weight excluding hydrogens is 517 g/mol. The number of rotatable bonds is 28. The topological polar surface area (TPSA) is 17.1 Å². The molecule has 0 heterocycles. The van der Waals surface area contributed by atoms with Gasteiger partial charge < -0.3 is 0 Å². The van der Waals surface area contributed by atoms with E-state index in [-0.39, 0.29) is 5.41 Å². The lowest BCUT2D eigenvalue weighted by molar-refractivity contribution is -0.124. The van der Waals surface area contributed by atoms with Gasteiger partial charge in [0.1, 0.15) is 5.78 Å². The van der Waals surface area contributed by atoms with Gasteiger partial charge in [0, 0.05) is 6.42 Å². The monoisotopic (exact) mass is 591 g/mol. The summed E-state index contributed by atoms with van der Waals surface area (Å²) in [6.07, 6.45) is 26.3. The van der Waals surface area contributed by atoms with E-state index in [4.69, 9.17) is 0 Å². The van der Waals surface area contributed by atoms with Crippen molar-refractivity contribution in [2.45, 2.75) is 201 Å². The predicted molar refractivity (Wildman–Crippen MR) is 190 cm³/mol. The fourth-order valence-corrected chi connectivity index (χ4v) is 12.1. The van der Waals surface area contributed by atoms with Crippen molar-refractivity contribution in [3.05, 3.63) is 23.6 Å². The highest BCUT2D eigenvalue weighted by Crippen LogP contribution is 2.37. The van der Waals surface area contributed by atoms with Gasteiger partial charge in [0.25, 0.3) is 0 Å². The minimum atomic E-state index is -1.46. The minimum absolute atomic E-state index is 0.375. The van der Waals surface area contributed by atoms with Crippen molar-refractivity contribution in [2.75, 3.05) is 0 Å². The summed E-state index contributed by atoms with van der Waals surface area (Å²) in [4.78, 5) is 14.3. The van der Waals surface area contributed by atoms with Crippen LogP contribution in [0, 0.1) is 5.41 Å². The third-order valence-corrected chi connectivity index (χ3v) is 20.9. The zero-order valence-electron chi connectivity index (χ0n) is 29.0. The maximum absolute atomic E-state index is 14.3. The molecule has 0 aliphatic carbocycles. The van der Waals surface area contributed by atoms with Gasteiger partial charge in [0.05, 0.1) is 21.6 Å². The van der Waals surface area contributed by atoms with E-state index in [1.807, 2.05) is 0 Å². The summed E-state index contributed by atoms with van der Waals surface area (Å²) in [7, 11) is -2.92. The van der Waals surface area contributed by atoms with E-state index in [0.717, 1.165) is 19.3 Å². The summed E-state index contributed by atoms with van der Waals surface area (Å²) in [6.45, 7) is 18.9. The van der Waals surface area contributed by atoms with E-state index in [0.29, 0.717) is 5.78 Å². The average Bonchev–Trinajstić information content (AvgIpc) is 2.99. The number of ketones is 1. The molecule has 0 amide bonds. The molecule has 0 fully saturated rings. The molecular formula is C37H74OSi2. The predicted octanol–water partition coefficient (Wildman–Crippen LogP) is 13.4. The lowest BCUT2D eigenvalue weighted by atomic mass is 9.77. The lowest BCUT2D eigenvalue weighted by Gasteiger charge is -2.32. The second kappa shape index (κ2) is 24.1. The van der Waals surface area contributed by atoms with Crippen LogP contribution in [0.4, 0.5) is 0 Å². The summed E-state index contributed by atoms with van der Waals surface area (Å²) >= 11 is 0. The molecule has 0 unspecified atom stereocenters. The molecule has 0 spiro atoms. The highest BCUT2D eigenvalue weighted by atomic mass is 28.3. The zero-order valence-corrected chi connectivity index (χ0v) is 31.0. The minimum Gasteiger partial charge on any atom is -0.298 e. The van der Waals surface area contributed by atoms with Gasteiger partial charge in [-0.05, 0) is 12.8 Å². The largest absolute Gasteiger partial charge is 0.298 e. The number of carbonyl (C=O) groups is 1. The van der Waals surface area contributed by atoms with Crippen molar-refractivity contribution in [1.29, 1.82) is 0 Å². The standard InChI is InChI=1S/C37H74OSi2/c1-9-17-19-21-23-24-26-28-30-36(38)37(31-29-27-25-22-20-18-10-2,32-34-39(11-3,12-4)13-5)33-35-40(14-6,15-7)16-8/h32-35H,9-31H2,1-8H3/b34-32+,35-33+. The zero-order chi connectivity index (χ0) is 30.2. The average molecular weight is 591 g/mol. The number of hydrogen-bond acceptors (Lipinski definition) is 1. The van der Waals surface area contributed by atoms with Crippen molar-refractivity contribution in [3.8, 4) is 0 Å². The fraction of sp³-hybridized carbons (Fsp3) is 0.865. The Morgan fingerprint density at radius 1 is 0.475 bits per heavy atom. The van der Waals surface area contributed by atoms with Crippen LogP contribution in [0.5, 0.6) is 0 Å². The Balaban J connectivity index is 5.99. The van der Waals surface area contributed by atoms with E-state index >= 15 is 0 Å². The summed E-state index contributed by atoms with van der Waals surface area (Å²) in [5.41, 5.74) is 4.90. The summed E-state index contributed by atoms with van der Waals surface area (Å²) in [5.74, 6) is 0.523. The first-order chi connectivity index (χ1) is 19.3. The van der Waals surface area contributed by atoms with Gasteiger partial charge in [0.2, 0.25) is 0 Å². The number of carbonyl (C=O) groups excluding carboxylic acids is 1. The molecule has 0 rings (SSSR count). The molecule has 236 valence electrons. The second-order valence-electron chi connectivity index (χ2n) is 13.1. The van der Waals surface area contributed by atoms with Crippen LogP contribution in [0.1, 0.15) is 165 Å². The molecule has 0 aliphatic heterocycles. The number of unbranched alkanes of at least 4 members (excludes halogenated alkanes) is 13. The summed E-state index contributed by atoms with van der Waals surface area (Å²) in [5, 5.41) is 0. The molecule has 0 saturated heterocycles. The van der Waals surface area contributed by atoms with Crippen molar-refractivity contribution < 1.29 is 4.79 Å². The van der Waals surface area contributed by atoms with Crippen molar-refractivity contribution in [3.63, 3.8) is 0 Å². The maximum atomic E-state index is 14.3. The molecule has 0 saturated carbocycles. The third kappa shape index (κ3) is 15.2. The van der Waals surface area contributed by atoms with Gasteiger partial charge >= 0.3 is 0 Å². The molecule has 0 aromatic carbocycles. The van der Waals surface area contributed by atoms with Gasteiger partial charge in [-0.3, -0.25) is 4.79 Å². The smallest absolute Gasteiger partial charge is 0.146 e. The van der Waals surface area contributed by atoms with Crippen molar-refractivity contribution >= 4 is 21.9 Å². The molecule has 0 aromatic rings. The van der Waals surface area contributed by atoms with Crippen LogP contribution in [0.3, 0.4) is 0 Å². The Morgan fingerprint density at radius 2 is 0.800 bits per heavy atom. The number of hydrogen-bond donors (Lipinski definition) is 0. The number of allylic oxidation sites excluding steroid dienone is 2. The molecule has 0 radical (unpaired) electrons. The van der Waals surface area contributed by atoms with Crippen molar-refractivity contribution in [1.82, 2.24) is 0 Å².